The molecule has 0 aliphatic heterocycles. The highest BCUT2D eigenvalue weighted by Crippen LogP contribution is 2.21. The first-order valence-electron chi connectivity index (χ1n) is 5.40. The molecule has 0 aliphatic rings. The van der Waals surface area contributed by atoms with Crippen LogP contribution >= 0.6 is 0 Å². The summed E-state index contributed by atoms with van der Waals surface area (Å²) in [5.74, 6) is 1.08. The van der Waals surface area contributed by atoms with Gasteiger partial charge in [0.1, 0.15) is 5.52 Å². The summed E-state index contributed by atoms with van der Waals surface area (Å²) in [6, 6.07) is 5.71. The van der Waals surface area contributed by atoms with Crippen molar-refractivity contribution < 1.29 is 8.94 Å². The summed E-state index contributed by atoms with van der Waals surface area (Å²) in [4.78, 5) is 8.32. The van der Waals surface area contributed by atoms with Gasteiger partial charge in [0.15, 0.2) is 11.4 Å². The SMILES string of the molecule is Cc1nc(CNc2nc3ccc(N)cc3o2)no1. The number of aromatic nitrogens is 3. The van der Waals surface area contributed by atoms with Crippen molar-refractivity contribution in [1.82, 2.24) is 15.1 Å². The van der Waals surface area contributed by atoms with Gasteiger partial charge in [-0.1, -0.05) is 5.16 Å². The van der Waals surface area contributed by atoms with E-state index in [2.05, 4.69) is 20.4 Å². The Morgan fingerprint density at radius 1 is 1.33 bits per heavy atom. The van der Waals surface area contributed by atoms with Gasteiger partial charge in [0.05, 0.1) is 6.54 Å². The first-order valence-corrected chi connectivity index (χ1v) is 5.40. The third-order valence-corrected chi connectivity index (χ3v) is 2.38. The normalized spacial score (nSPS) is 10.9. The summed E-state index contributed by atoms with van der Waals surface area (Å²) in [6.07, 6.45) is 0. The fourth-order valence-electron chi connectivity index (χ4n) is 1.58. The molecule has 18 heavy (non-hydrogen) atoms. The molecule has 2 heterocycles. The van der Waals surface area contributed by atoms with E-state index in [1.165, 1.54) is 0 Å². The largest absolute Gasteiger partial charge is 0.423 e. The number of nitrogens with two attached hydrogens (primary N) is 1. The molecule has 1 aromatic carbocycles. The molecule has 0 saturated heterocycles. The predicted molar refractivity (Wildman–Crippen MR) is 64.8 cm³/mol. The van der Waals surface area contributed by atoms with Crippen LogP contribution in [0.4, 0.5) is 11.7 Å². The fraction of sp³-hybridized carbons (Fsp3) is 0.182. The maximum atomic E-state index is 5.66. The Morgan fingerprint density at radius 2 is 2.22 bits per heavy atom. The maximum Gasteiger partial charge on any atom is 0.296 e. The van der Waals surface area contributed by atoms with Gasteiger partial charge in [-0.15, -0.1) is 0 Å². The minimum atomic E-state index is 0.389. The molecule has 0 spiro atoms. The van der Waals surface area contributed by atoms with Crippen LogP contribution in [0.1, 0.15) is 11.7 Å². The molecule has 7 nitrogen and oxygen atoms in total. The first-order chi connectivity index (χ1) is 8.70. The average molecular weight is 245 g/mol. The molecule has 3 N–H and O–H groups in total. The van der Waals surface area contributed by atoms with Crippen LogP contribution < -0.4 is 11.1 Å². The molecule has 2 aromatic heterocycles. The second-order valence-electron chi connectivity index (χ2n) is 3.83. The lowest BCUT2D eigenvalue weighted by Gasteiger charge is -1.94. The highest BCUT2D eigenvalue weighted by molar-refractivity contribution is 5.77. The quantitative estimate of drug-likeness (QED) is 0.677. The topological polar surface area (TPSA) is 103 Å². The average Bonchev–Trinajstić information content (AvgIpc) is 2.92. The number of hydrogen-bond donors (Lipinski definition) is 2. The van der Waals surface area contributed by atoms with Crippen LogP contribution in [0.2, 0.25) is 0 Å². The second kappa shape index (κ2) is 4.02. The van der Waals surface area contributed by atoms with E-state index in [9.17, 15) is 0 Å². The number of nitrogens with zero attached hydrogens (tertiary/aromatic N) is 3. The Hall–Kier alpha value is -2.57. The van der Waals surface area contributed by atoms with Gasteiger partial charge in [-0.05, 0) is 12.1 Å². The second-order valence-corrected chi connectivity index (χ2v) is 3.83. The summed E-state index contributed by atoms with van der Waals surface area (Å²) in [7, 11) is 0. The van der Waals surface area contributed by atoms with Gasteiger partial charge in [0, 0.05) is 18.7 Å². The monoisotopic (exact) mass is 245 g/mol. The lowest BCUT2D eigenvalue weighted by Crippen LogP contribution is -2.01. The van der Waals surface area contributed by atoms with Gasteiger partial charge in [-0.2, -0.15) is 9.97 Å². The van der Waals surface area contributed by atoms with E-state index >= 15 is 0 Å². The van der Waals surface area contributed by atoms with E-state index in [-0.39, 0.29) is 0 Å². The molecule has 0 saturated carbocycles. The number of nitrogen functional groups attached to an aromatic ring is 1. The van der Waals surface area contributed by atoms with Crippen molar-refractivity contribution in [2.45, 2.75) is 13.5 Å². The Morgan fingerprint density at radius 3 is 3.00 bits per heavy atom. The van der Waals surface area contributed by atoms with Crippen molar-refractivity contribution in [2.24, 2.45) is 0 Å². The predicted octanol–water partition coefficient (Wildman–Crippen LogP) is 1.71. The molecule has 0 bridgehead atoms. The molecule has 0 radical (unpaired) electrons. The number of nitrogens with one attached hydrogen (secondary N) is 1. The minimum absolute atomic E-state index is 0.389. The zero-order valence-electron chi connectivity index (χ0n) is 9.67. The third-order valence-electron chi connectivity index (χ3n) is 2.38. The number of oxazole rings is 1. The molecule has 0 unspecified atom stereocenters. The molecular formula is C11H11N5O2. The smallest absolute Gasteiger partial charge is 0.296 e. The van der Waals surface area contributed by atoms with Crippen molar-refractivity contribution in [3.8, 4) is 0 Å². The van der Waals surface area contributed by atoms with Gasteiger partial charge in [-0.3, -0.25) is 0 Å². The Kier molecular flexibility index (Phi) is 2.36. The van der Waals surface area contributed by atoms with Gasteiger partial charge >= 0.3 is 0 Å². The van der Waals surface area contributed by atoms with Crippen LogP contribution in [-0.4, -0.2) is 15.1 Å². The van der Waals surface area contributed by atoms with E-state index < -0.39 is 0 Å². The Bertz CT molecular complexity index is 688. The molecule has 0 atom stereocenters. The first kappa shape index (κ1) is 10.6. The molecule has 92 valence electrons. The summed E-state index contributed by atoms with van der Waals surface area (Å²) < 4.78 is 10.3. The number of benzene rings is 1. The number of fused-ring (bicyclic) bond motifs is 1. The number of anilines is 2. The van der Waals surface area contributed by atoms with Crippen molar-refractivity contribution in [3.05, 3.63) is 29.9 Å². The summed E-state index contributed by atoms with van der Waals surface area (Å²) in [5, 5.41) is 6.74. The van der Waals surface area contributed by atoms with E-state index in [1.54, 1.807) is 25.1 Å². The molecular weight excluding hydrogens is 234 g/mol. The molecule has 3 aromatic rings. The van der Waals surface area contributed by atoms with Gasteiger partial charge in [0.25, 0.3) is 6.01 Å². The molecule has 0 amide bonds. The van der Waals surface area contributed by atoms with E-state index in [0.717, 1.165) is 5.52 Å². The standard InChI is InChI=1S/C11H11N5O2/c1-6-14-10(16-18-6)5-13-11-15-8-3-2-7(12)4-9(8)17-11/h2-4H,5,12H2,1H3,(H,13,15). The minimum Gasteiger partial charge on any atom is -0.423 e. The van der Waals surface area contributed by atoms with Crippen molar-refractivity contribution >= 4 is 22.8 Å². The van der Waals surface area contributed by atoms with Gasteiger partial charge in [0.2, 0.25) is 5.89 Å². The van der Waals surface area contributed by atoms with Crippen LogP contribution in [0.25, 0.3) is 11.1 Å². The molecule has 3 rings (SSSR count). The highest BCUT2D eigenvalue weighted by Gasteiger charge is 2.07. The van der Waals surface area contributed by atoms with Crippen LogP contribution in [-0.2, 0) is 6.54 Å². The van der Waals surface area contributed by atoms with E-state index in [0.29, 0.717) is 35.5 Å². The number of rotatable bonds is 3. The van der Waals surface area contributed by atoms with Crippen molar-refractivity contribution in [3.63, 3.8) is 0 Å². The van der Waals surface area contributed by atoms with Crippen LogP contribution in [0.3, 0.4) is 0 Å². The Balaban J connectivity index is 1.78. The Labute approximate surface area is 102 Å². The lowest BCUT2D eigenvalue weighted by molar-refractivity contribution is 0.388. The van der Waals surface area contributed by atoms with Crippen molar-refractivity contribution in [2.75, 3.05) is 11.1 Å². The summed E-state index contributed by atoms with van der Waals surface area (Å²) in [5.41, 5.74) is 7.69. The van der Waals surface area contributed by atoms with Crippen LogP contribution in [0.15, 0.2) is 27.1 Å². The van der Waals surface area contributed by atoms with Crippen LogP contribution in [0.5, 0.6) is 0 Å². The number of hydrogen-bond acceptors (Lipinski definition) is 7. The van der Waals surface area contributed by atoms with Gasteiger partial charge in [-0.25, -0.2) is 0 Å². The van der Waals surface area contributed by atoms with E-state index in [1.807, 2.05) is 0 Å². The van der Waals surface area contributed by atoms with Crippen LogP contribution in [0, 0.1) is 6.92 Å². The summed E-state index contributed by atoms with van der Waals surface area (Å²) in [6.45, 7) is 2.12. The zero-order valence-corrected chi connectivity index (χ0v) is 9.67. The molecule has 0 aliphatic carbocycles. The highest BCUT2D eigenvalue weighted by atomic mass is 16.5. The third kappa shape index (κ3) is 1.97. The van der Waals surface area contributed by atoms with Crippen molar-refractivity contribution in [1.29, 1.82) is 0 Å². The van der Waals surface area contributed by atoms with E-state index in [4.69, 9.17) is 14.7 Å². The molecule has 7 heteroatoms. The zero-order chi connectivity index (χ0) is 12.5. The summed E-state index contributed by atoms with van der Waals surface area (Å²) >= 11 is 0. The number of aryl methyl sites for hydroxylation is 1. The fourth-order valence-corrected chi connectivity index (χ4v) is 1.58. The lowest BCUT2D eigenvalue weighted by atomic mass is 10.3. The molecule has 0 fully saturated rings. The maximum absolute atomic E-state index is 5.66. The van der Waals surface area contributed by atoms with Gasteiger partial charge < -0.3 is 20.0 Å².